The number of aromatic nitrogens is 2. The molecule has 0 radical (unpaired) electrons. The van der Waals surface area contributed by atoms with Gasteiger partial charge in [-0.15, -0.1) is 0 Å². The predicted octanol–water partition coefficient (Wildman–Crippen LogP) is 3.83. The molecule has 1 amide bonds. The summed E-state index contributed by atoms with van der Waals surface area (Å²) in [6, 6.07) is 8.24. The van der Waals surface area contributed by atoms with Gasteiger partial charge in [0, 0.05) is 30.9 Å². The summed E-state index contributed by atoms with van der Waals surface area (Å²) in [6.45, 7) is 7.73. The van der Waals surface area contributed by atoms with Gasteiger partial charge in [0.2, 0.25) is 0 Å². The highest BCUT2D eigenvalue weighted by molar-refractivity contribution is 9.10. The van der Waals surface area contributed by atoms with Crippen molar-refractivity contribution in [2.24, 2.45) is 0 Å². The molecule has 0 spiro atoms. The second-order valence-corrected chi connectivity index (χ2v) is 8.21. The Balaban J connectivity index is 1.61. The summed E-state index contributed by atoms with van der Waals surface area (Å²) >= 11 is 3.30. The zero-order valence-electron chi connectivity index (χ0n) is 14.7. The molecule has 1 atom stereocenters. The minimum atomic E-state index is -0.0704. The second-order valence-electron chi connectivity index (χ2n) is 7.29. The van der Waals surface area contributed by atoms with E-state index in [1.807, 2.05) is 29.2 Å². The van der Waals surface area contributed by atoms with E-state index < -0.39 is 0 Å². The van der Waals surface area contributed by atoms with Gasteiger partial charge in [0.15, 0.2) is 0 Å². The van der Waals surface area contributed by atoms with Gasteiger partial charge in [0.1, 0.15) is 6.10 Å². The first-order valence-corrected chi connectivity index (χ1v) is 9.16. The van der Waals surface area contributed by atoms with Crippen molar-refractivity contribution < 1.29 is 9.53 Å². The van der Waals surface area contributed by atoms with Gasteiger partial charge in [-0.1, -0.05) is 32.9 Å². The average Bonchev–Trinajstić information content (AvgIpc) is 3.04. The van der Waals surface area contributed by atoms with Crippen molar-refractivity contribution in [3.63, 3.8) is 0 Å². The molecular formula is C19H22BrN3O2. The maximum absolute atomic E-state index is 12.7. The van der Waals surface area contributed by atoms with E-state index in [9.17, 15) is 4.79 Å². The van der Waals surface area contributed by atoms with E-state index in [1.165, 1.54) is 5.56 Å². The SMILES string of the molecule is CC(C)(C)c1ccc(C(=O)N2CC[C@H](Oc3ncc(Br)cn3)C2)cc1. The molecule has 0 N–H and O–H groups in total. The highest BCUT2D eigenvalue weighted by atomic mass is 79.9. The summed E-state index contributed by atoms with van der Waals surface area (Å²) in [5.41, 5.74) is 2.02. The molecule has 0 aliphatic carbocycles. The molecule has 25 heavy (non-hydrogen) atoms. The van der Waals surface area contributed by atoms with E-state index in [1.54, 1.807) is 12.4 Å². The number of nitrogens with zero attached hydrogens (tertiary/aromatic N) is 3. The Morgan fingerprint density at radius 1 is 1.20 bits per heavy atom. The van der Waals surface area contributed by atoms with Gasteiger partial charge < -0.3 is 9.64 Å². The van der Waals surface area contributed by atoms with Crippen molar-refractivity contribution in [2.45, 2.75) is 38.7 Å². The first-order valence-electron chi connectivity index (χ1n) is 8.37. The van der Waals surface area contributed by atoms with Crippen molar-refractivity contribution in [3.8, 4) is 6.01 Å². The fourth-order valence-corrected chi connectivity index (χ4v) is 3.02. The normalized spacial score (nSPS) is 17.6. The topological polar surface area (TPSA) is 55.3 Å². The standard InChI is InChI=1S/C19H22BrN3O2/c1-19(2,3)14-6-4-13(5-7-14)17(24)23-9-8-16(12-23)25-18-21-10-15(20)11-22-18/h4-7,10-11,16H,8-9,12H2,1-3H3/t16-/m0/s1. The first kappa shape index (κ1) is 17.9. The third-order valence-corrected chi connectivity index (χ3v) is 4.71. The van der Waals surface area contributed by atoms with Crippen molar-refractivity contribution in [1.29, 1.82) is 0 Å². The van der Waals surface area contributed by atoms with Gasteiger partial charge >= 0.3 is 6.01 Å². The Hall–Kier alpha value is -1.95. The quantitative estimate of drug-likeness (QED) is 0.781. The van der Waals surface area contributed by atoms with Crippen LogP contribution in [-0.2, 0) is 5.41 Å². The van der Waals surface area contributed by atoms with E-state index >= 15 is 0 Å². The lowest BCUT2D eigenvalue weighted by Crippen LogP contribution is -2.31. The summed E-state index contributed by atoms with van der Waals surface area (Å²) in [5.74, 6) is 0.0447. The minimum Gasteiger partial charge on any atom is -0.458 e. The molecule has 2 aromatic rings. The number of likely N-dealkylation sites (tertiary alicyclic amines) is 1. The minimum absolute atomic E-state index is 0.0447. The van der Waals surface area contributed by atoms with Crippen molar-refractivity contribution in [1.82, 2.24) is 14.9 Å². The van der Waals surface area contributed by atoms with Crippen LogP contribution < -0.4 is 4.74 Å². The fraction of sp³-hybridized carbons (Fsp3) is 0.421. The lowest BCUT2D eigenvalue weighted by molar-refractivity contribution is 0.0769. The summed E-state index contributed by atoms with van der Waals surface area (Å²) in [6.07, 6.45) is 4.01. The highest BCUT2D eigenvalue weighted by Gasteiger charge is 2.29. The summed E-state index contributed by atoms with van der Waals surface area (Å²) in [7, 11) is 0. The zero-order valence-corrected chi connectivity index (χ0v) is 16.3. The Labute approximate surface area is 156 Å². The van der Waals surface area contributed by atoms with Gasteiger partial charge in [0.05, 0.1) is 11.0 Å². The van der Waals surface area contributed by atoms with Crippen LogP contribution in [0.2, 0.25) is 0 Å². The highest BCUT2D eigenvalue weighted by Crippen LogP contribution is 2.23. The monoisotopic (exact) mass is 403 g/mol. The van der Waals surface area contributed by atoms with Crippen molar-refractivity contribution in [3.05, 3.63) is 52.3 Å². The number of halogens is 1. The number of hydrogen-bond donors (Lipinski definition) is 0. The Morgan fingerprint density at radius 3 is 2.44 bits per heavy atom. The van der Waals surface area contributed by atoms with E-state index in [2.05, 4.69) is 46.7 Å². The molecule has 1 aromatic heterocycles. The van der Waals surface area contributed by atoms with Crippen LogP contribution in [0.5, 0.6) is 6.01 Å². The smallest absolute Gasteiger partial charge is 0.316 e. The third kappa shape index (κ3) is 4.37. The van der Waals surface area contributed by atoms with Crippen LogP contribution in [0.25, 0.3) is 0 Å². The molecule has 5 nitrogen and oxygen atoms in total. The average molecular weight is 404 g/mol. The summed E-state index contributed by atoms with van der Waals surface area (Å²) in [5, 5.41) is 0. The molecule has 1 saturated heterocycles. The second kappa shape index (κ2) is 7.12. The number of hydrogen-bond acceptors (Lipinski definition) is 4. The Morgan fingerprint density at radius 2 is 1.84 bits per heavy atom. The number of carbonyl (C=O) groups excluding carboxylic acids is 1. The van der Waals surface area contributed by atoms with Crippen LogP contribution in [0.15, 0.2) is 41.1 Å². The molecule has 2 heterocycles. The summed E-state index contributed by atoms with van der Waals surface area (Å²) in [4.78, 5) is 22.8. The molecule has 1 aromatic carbocycles. The first-order chi connectivity index (χ1) is 11.8. The van der Waals surface area contributed by atoms with Crippen LogP contribution in [-0.4, -0.2) is 40.0 Å². The molecule has 0 saturated carbocycles. The lowest BCUT2D eigenvalue weighted by atomic mass is 9.86. The van der Waals surface area contributed by atoms with Crippen LogP contribution in [0.3, 0.4) is 0 Å². The molecule has 6 heteroatoms. The van der Waals surface area contributed by atoms with Gasteiger partial charge in [-0.25, -0.2) is 9.97 Å². The number of ether oxygens (including phenoxy) is 1. The fourth-order valence-electron chi connectivity index (χ4n) is 2.81. The van der Waals surface area contributed by atoms with Gasteiger partial charge in [-0.2, -0.15) is 0 Å². The molecule has 132 valence electrons. The Bertz CT molecular complexity index is 739. The van der Waals surface area contributed by atoms with Gasteiger partial charge in [-0.05, 0) is 39.0 Å². The number of rotatable bonds is 3. The van der Waals surface area contributed by atoms with E-state index in [-0.39, 0.29) is 17.4 Å². The molecule has 1 aliphatic heterocycles. The Kier molecular flexibility index (Phi) is 5.08. The van der Waals surface area contributed by atoms with Crippen LogP contribution in [0.1, 0.15) is 43.1 Å². The molecule has 0 bridgehead atoms. The van der Waals surface area contributed by atoms with E-state index in [0.29, 0.717) is 24.7 Å². The molecule has 1 aliphatic rings. The van der Waals surface area contributed by atoms with Gasteiger partial charge in [-0.3, -0.25) is 4.79 Å². The molecule has 3 rings (SSSR count). The zero-order chi connectivity index (χ0) is 18.0. The lowest BCUT2D eigenvalue weighted by Gasteiger charge is -2.20. The predicted molar refractivity (Wildman–Crippen MR) is 99.8 cm³/mol. The number of carbonyl (C=O) groups is 1. The largest absolute Gasteiger partial charge is 0.458 e. The summed E-state index contributed by atoms with van der Waals surface area (Å²) < 4.78 is 6.58. The molecular weight excluding hydrogens is 382 g/mol. The molecule has 1 fully saturated rings. The molecule has 0 unspecified atom stereocenters. The van der Waals surface area contributed by atoms with Crippen LogP contribution >= 0.6 is 15.9 Å². The van der Waals surface area contributed by atoms with E-state index in [0.717, 1.165) is 10.9 Å². The third-order valence-electron chi connectivity index (χ3n) is 4.30. The van der Waals surface area contributed by atoms with Crippen molar-refractivity contribution >= 4 is 21.8 Å². The van der Waals surface area contributed by atoms with Gasteiger partial charge in [0.25, 0.3) is 5.91 Å². The maximum Gasteiger partial charge on any atom is 0.316 e. The van der Waals surface area contributed by atoms with Crippen molar-refractivity contribution in [2.75, 3.05) is 13.1 Å². The maximum atomic E-state index is 12.7. The number of amides is 1. The number of benzene rings is 1. The van der Waals surface area contributed by atoms with E-state index in [4.69, 9.17) is 4.74 Å². The van der Waals surface area contributed by atoms with Crippen LogP contribution in [0, 0.1) is 0 Å². The van der Waals surface area contributed by atoms with Crippen LogP contribution in [0.4, 0.5) is 0 Å².